The molecule has 1 atom stereocenters. The molecule has 0 aliphatic carbocycles. The second-order valence-corrected chi connectivity index (χ2v) is 5.94. The quantitative estimate of drug-likeness (QED) is 0.883. The number of rotatable bonds is 5. The summed E-state index contributed by atoms with van der Waals surface area (Å²) in [6.45, 7) is 4.20. The largest absolute Gasteiger partial charge is 0.305 e. The van der Waals surface area contributed by atoms with Gasteiger partial charge in [-0.25, -0.2) is 4.98 Å². The van der Waals surface area contributed by atoms with Crippen LogP contribution in [0.3, 0.4) is 0 Å². The summed E-state index contributed by atoms with van der Waals surface area (Å²) in [7, 11) is 3.57. The van der Waals surface area contributed by atoms with Gasteiger partial charge in [0, 0.05) is 29.9 Å². The van der Waals surface area contributed by atoms with Crippen molar-refractivity contribution in [2.45, 2.75) is 25.8 Å². The third-order valence-corrected chi connectivity index (χ3v) is 4.15. The molecule has 0 fully saturated rings. The van der Waals surface area contributed by atoms with Crippen LogP contribution in [0.2, 0.25) is 0 Å². The number of amides is 1. The summed E-state index contributed by atoms with van der Waals surface area (Å²) in [5.41, 5.74) is 0.827. The number of nitrogens with one attached hydrogen (secondary N) is 2. The minimum absolute atomic E-state index is 0.134. The Morgan fingerprint density at radius 1 is 1.40 bits per heavy atom. The maximum Gasteiger partial charge on any atom is 0.247 e. The van der Waals surface area contributed by atoms with Crippen LogP contribution in [-0.4, -0.2) is 27.7 Å². The number of aromatic nitrogens is 3. The normalized spacial score (nSPS) is 12.7. The molecule has 2 heterocycles. The summed E-state index contributed by atoms with van der Waals surface area (Å²) in [4.78, 5) is 17.7. The molecule has 6 nitrogen and oxygen atoms in total. The zero-order chi connectivity index (χ0) is 14.7. The first-order chi connectivity index (χ1) is 9.51. The van der Waals surface area contributed by atoms with Crippen LogP contribution in [0.4, 0.5) is 5.13 Å². The first kappa shape index (κ1) is 14.7. The molecule has 2 aromatic heterocycles. The highest BCUT2D eigenvalue weighted by Crippen LogP contribution is 2.26. The maximum atomic E-state index is 12.3. The van der Waals surface area contributed by atoms with Gasteiger partial charge >= 0.3 is 0 Å². The van der Waals surface area contributed by atoms with Crippen molar-refractivity contribution in [3.05, 3.63) is 29.0 Å². The molecule has 0 spiro atoms. The minimum atomic E-state index is -0.435. The van der Waals surface area contributed by atoms with E-state index in [-0.39, 0.29) is 5.91 Å². The van der Waals surface area contributed by atoms with Crippen LogP contribution in [0.1, 0.15) is 36.2 Å². The molecule has 0 bridgehead atoms. The van der Waals surface area contributed by atoms with Crippen molar-refractivity contribution in [3.8, 4) is 0 Å². The molecule has 20 heavy (non-hydrogen) atoms. The van der Waals surface area contributed by atoms with Gasteiger partial charge in [-0.15, -0.1) is 11.3 Å². The molecule has 0 saturated carbocycles. The van der Waals surface area contributed by atoms with Gasteiger partial charge in [0.25, 0.3) is 0 Å². The third kappa shape index (κ3) is 3.23. The van der Waals surface area contributed by atoms with Crippen LogP contribution in [-0.2, 0) is 11.8 Å². The van der Waals surface area contributed by atoms with Gasteiger partial charge in [0.05, 0.1) is 6.20 Å². The van der Waals surface area contributed by atoms with E-state index in [1.165, 1.54) is 11.3 Å². The average Bonchev–Trinajstić information content (AvgIpc) is 3.00. The fraction of sp³-hybridized carbons (Fsp3) is 0.462. The van der Waals surface area contributed by atoms with Gasteiger partial charge < -0.3 is 10.6 Å². The van der Waals surface area contributed by atoms with Crippen molar-refractivity contribution in [2.24, 2.45) is 7.05 Å². The highest BCUT2D eigenvalue weighted by molar-refractivity contribution is 7.15. The number of aryl methyl sites for hydroxylation is 1. The first-order valence-electron chi connectivity index (χ1n) is 6.43. The highest BCUT2D eigenvalue weighted by atomic mass is 32.1. The summed E-state index contributed by atoms with van der Waals surface area (Å²) in [6, 6.07) is -0.435. The van der Waals surface area contributed by atoms with Crippen molar-refractivity contribution >= 4 is 22.4 Å². The van der Waals surface area contributed by atoms with E-state index < -0.39 is 6.04 Å². The summed E-state index contributed by atoms with van der Waals surface area (Å²) in [6.07, 6.45) is 5.31. The lowest BCUT2D eigenvalue weighted by molar-refractivity contribution is -0.118. The monoisotopic (exact) mass is 293 g/mol. The van der Waals surface area contributed by atoms with Crippen molar-refractivity contribution in [1.82, 2.24) is 20.1 Å². The lowest BCUT2D eigenvalue weighted by Gasteiger charge is -2.12. The molecule has 0 radical (unpaired) electrons. The Balaban J connectivity index is 2.09. The van der Waals surface area contributed by atoms with Crippen LogP contribution >= 0.6 is 11.3 Å². The van der Waals surface area contributed by atoms with Gasteiger partial charge in [-0.2, -0.15) is 5.10 Å². The average molecular weight is 293 g/mol. The fourth-order valence-corrected chi connectivity index (χ4v) is 2.65. The predicted molar refractivity (Wildman–Crippen MR) is 79.8 cm³/mol. The van der Waals surface area contributed by atoms with Crippen LogP contribution in [0.5, 0.6) is 0 Å². The van der Waals surface area contributed by atoms with E-state index in [1.54, 1.807) is 17.9 Å². The number of hydrogen-bond acceptors (Lipinski definition) is 5. The Hall–Kier alpha value is -1.73. The molecule has 1 unspecified atom stereocenters. The van der Waals surface area contributed by atoms with E-state index in [1.807, 2.05) is 19.4 Å². The summed E-state index contributed by atoms with van der Waals surface area (Å²) >= 11 is 1.51. The first-order valence-corrected chi connectivity index (χ1v) is 7.25. The lowest BCUT2D eigenvalue weighted by Crippen LogP contribution is -2.30. The molecule has 7 heteroatoms. The minimum Gasteiger partial charge on any atom is -0.305 e. The SMILES string of the molecule is CNC(C(=O)Nc1ncc(C(C)C)s1)c1cnn(C)c1. The highest BCUT2D eigenvalue weighted by Gasteiger charge is 2.21. The molecule has 108 valence electrons. The second kappa shape index (κ2) is 6.15. The zero-order valence-corrected chi connectivity index (χ0v) is 12.9. The van der Waals surface area contributed by atoms with Crippen molar-refractivity contribution < 1.29 is 4.79 Å². The van der Waals surface area contributed by atoms with Crippen molar-refractivity contribution in [3.63, 3.8) is 0 Å². The number of anilines is 1. The number of thiazole rings is 1. The van der Waals surface area contributed by atoms with E-state index in [9.17, 15) is 4.79 Å². The number of hydrogen-bond donors (Lipinski definition) is 2. The maximum absolute atomic E-state index is 12.3. The van der Waals surface area contributed by atoms with Crippen molar-refractivity contribution in [2.75, 3.05) is 12.4 Å². The van der Waals surface area contributed by atoms with Crippen LogP contribution in [0.25, 0.3) is 0 Å². The molecule has 1 amide bonds. The topological polar surface area (TPSA) is 71.8 Å². The predicted octanol–water partition coefficient (Wildman–Crippen LogP) is 1.90. The molecule has 2 aromatic rings. The van der Waals surface area contributed by atoms with E-state index in [0.29, 0.717) is 11.0 Å². The third-order valence-electron chi connectivity index (χ3n) is 2.93. The van der Waals surface area contributed by atoms with Gasteiger partial charge in [-0.1, -0.05) is 13.8 Å². The Labute approximate surface area is 122 Å². The lowest BCUT2D eigenvalue weighted by atomic mass is 10.1. The van der Waals surface area contributed by atoms with E-state index in [4.69, 9.17) is 0 Å². The molecule has 0 aliphatic heterocycles. The molecular weight excluding hydrogens is 274 g/mol. The van der Waals surface area contributed by atoms with E-state index in [2.05, 4.69) is 34.6 Å². The molecular formula is C13H19N5OS. The van der Waals surface area contributed by atoms with Crippen LogP contribution in [0, 0.1) is 0 Å². The van der Waals surface area contributed by atoms with Crippen molar-refractivity contribution in [1.29, 1.82) is 0 Å². The fourth-order valence-electron chi connectivity index (χ4n) is 1.83. The van der Waals surface area contributed by atoms with E-state index >= 15 is 0 Å². The van der Waals surface area contributed by atoms with Crippen LogP contribution < -0.4 is 10.6 Å². The Bertz CT molecular complexity index is 589. The second-order valence-electron chi connectivity index (χ2n) is 4.88. The molecule has 0 aromatic carbocycles. The standard InChI is InChI=1S/C13H19N5OS/c1-8(2)10-6-15-13(20-10)17-12(19)11(14-3)9-5-16-18(4)7-9/h5-8,11,14H,1-4H3,(H,15,17,19). The molecule has 0 aliphatic rings. The molecule has 2 rings (SSSR count). The van der Waals surface area contributed by atoms with Gasteiger partial charge in [0.1, 0.15) is 6.04 Å². The Morgan fingerprint density at radius 3 is 2.65 bits per heavy atom. The molecule has 2 N–H and O–H groups in total. The zero-order valence-electron chi connectivity index (χ0n) is 12.0. The smallest absolute Gasteiger partial charge is 0.247 e. The Kier molecular flexibility index (Phi) is 4.51. The van der Waals surface area contributed by atoms with Gasteiger partial charge in [0.2, 0.25) is 5.91 Å². The summed E-state index contributed by atoms with van der Waals surface area (Å²) in [5, 5.41) is 10.6. The van der Waals surface area contributed by atoms with Crippen LogP contribution in [0.15, 0.2) is 18.6 Å². The summed E-state index contributed by atoms with van der Waals surface area (Å²) in [5.74, 6) is 0.279. The number of carbonyl (C=O) groups excluding carboxylic acids is 1. The number of nitrogens with zero attached hydrogens (tertiary/aromatic N) is 3. The molecule has 0 saturated heterocycles. The van der Waals surface area contributed by atoms with Gasteiger partial charge in [-0.05, 0) is 13.0 Å². The number of carbonyl (C=O) groups is 1. The number of likely N-dealkylation sites (N-methyl/N-ethyl adjacent to an activating group) is 1. The summed E-state index contributed by atoms with van der Waals surface area (Å²) < 4.78 is 1.67. The van der Waals surface area contributed by atoms with Gasteiger partial charge in [0.15, 0.2) is 5.13 Å². The van der Waals surface area contributed by atoms with Gasteiger partial charge in [-0.3, -0.25) is 9.48 Å². The Morgan fingerprint density at radius 2 is 2.15 bits per heavy atom. The van der Waals surface area contributed by atoms with E-state index in [0.717, 1.165) is 10.4 Å².